The molecule has 2 rings (SSSR count). The molecule has 1 saturated heterocycles. The van der Waals surface area contributed by atoms with Crippen molar-refractivity contribution in [2.24, 2.45) is 0 Å². The number of aryl methyl sites for hydroxylation is 1. The number of alkyl halides is 3. The number of rotatable bonds is 2. The van der Waals surface area contributed by atoms with Crippen LogP contribution in [0.1, 0.15) is 31.9 Å². The van der Waals surface area contributed by atoms with Crippen molar-refractivity contribution in [2.75, 3.05) is 26.2 Å². The van der Waals surface area contributed by atoms with Crippen LogP contribution in [0.5, 0.6) is 0 Å². The summed E-state index contributed by atoms with van der Waals surface area (Å²) in [4.78, 5) is 14.8. The lowest BCUT2D eigenvalue weighted by atomic mass is 10.1. The Kier molecular flexibility index (Phi) is 5.88. The number of amides is 1. The molecule has 0 N–H and O–H groups in total. The van der Waals surface area contributed by atoms with Crippen LogP contribution in [0.2, 0.25) is 0 Å². The van der Waals surface area contributed by atoms with Crippen molar-refractivity contribution in [3.05, 3.63) is 41.1 Å². The maximum Gasteiger partial charge on any atom is 0.431 e. The molecule has 1 aliphatic heterocycles. The summed E-state index contributed by atoms with van der Waals surface area (Å²) in [7, 11) is 0. The van der Waals surface area contributed by atoms with Crippen LogP contribution in [-0.2, 0) is 4.74 Å². The fourth-order valence-corrected chi connectivity index (χ4v) is 2.70. The monoisotopic (exact) mass is 370 g/mol. The first-order valence-electron chi connectivity index (χ1n) is 8.55. The largest absolute Gasteiger partial charge is 0.444 e. The van der Waals surface area contributed by atoms with Gasteiger partial charge in [-0.3, -0.25) is 0 Å². The Bertz CT molecular complexity index is 670. The zero-order valence-corrected chi connectivity index (χ0v) is 15.6. The number of carbonyl (C=O) groups excluding carboxylic acids is 1. The van der Waals surface area contributed by atoms with Crippen molar-refractivity contribution >= 4 is 12.2 Å². The van der Waals surface area contributed by atoms with Gasteiger partial charge in [0.15, 0.2) is 0 Å². The third-order valence-corrected chi connectivity index (χ3v) is 4.04. The normalized spacial score (nSPS) is 16.7. The van der Waals surface area contributed by atoms with Crippen molar-refractivity contribution < 1.29 is 22.7 Å². The minimum atomic E-state index is -4.46. The Hall–Kier alpha value is -2.18. The van der Waals surface area contributed by atoms with E-state index in [2.05, 4.69) is 0 Å². The second-order valence-corrected chi connectivity index (χ2v) is 7.34. The van der Waals surface area contributed by atoms with E-state index in [1.54, 1.807) is 52.0 Å². The number of hydrogen-bond acceptors (Lipinski definition) is 3. The lowest BCUT2D eigenvalue weighted by Gasteiger charge is -2.38. The number of benzene rings is 1. The summed E-state index contributed by atoms with van der Waals surface area (Å²) >= 11 is 0. The molecule has 1 aliphatic rings. The topological polar surface area (TPSA) is 32.8 Å². The highest BCUT2D eigenvalue weighted by Crippen LogP contribution is 2.31. The summed E-state index contributed by atoms with van der Waals surface area (Å²) in [6, 6.07) is 6.95. The van der Waals surface area contributed by atoms with Crippen molar-refractivity contribution in [3.8, 4) is 0 Å². The van der Waals surface area contributed by atoms with Gasteiger partial charge in [-0.05, 0) is 44.9 Å². The number of ether oxygens (including phenoxy) is 1. The van der Waals surface area contributed by atoms with Crippen LogP contribution in [0.3, 0.4) is 0 Å². The Morgan fingerprint density at radius 1 is 1.04 bits per heavy atom. The van der Waals surface area contributed by atoms with Crippen molar-refractivity contribution in [2.45, 2.75) is 39.5 Å². The number of nitrogens with zero attached hydrogens (tertiary/aromatic N) is 2. The Morgan fingerprint density at radius 3 is 2.08 bits per heavy atom. The first kappa shape index (κ1) is 20.1. The molecule has 7 heteroatoms. The van der Waals surface area contributed by atoms with E-state index in [0.29, 0.717) is 5.56 Å². The predicted molar refractivity (Wildman–Crippen MR) is 94.6 cm³/mol. The molecular formula is C19H25F3N2O2. The third-order valence-electron chi connectivity index (χ3n) is 4.04. The lowest BCUT2D eigenvalue weighted by Crippen LogP contribution is -2.51. The van der Waals surface area contributed by atoms with Gasteiger partial charge in [-0.25, -0.2) is 4.79 Å². The Balaban J connectivity index is 2.13. The second kappa shape index (κ2) is 7.60. The van der Waals surface area contributed by atoms with E-state index in [-0.39, 0.29) is 26.2 Å². The molecule has 1 amide bonds. The fraction of sp³-hybridized carbons (Fsp3) is 0.526. The summed E-state index contributed by atoms with van der Waals surface area (Å²) < 4.78 is 46.0. The standard InChI is InChI=1S/C19H25F3N2O2/c1-14-7-5-6-8-15(14)13-16(19(20,21)22)23-9-11-24(12-10-23)17(25)26-18(2,3)4/h5-8,13H,9-12H2,1-4H3/b16-13+. The SMILES string of the molecule is Cc1ccccc1/C=C(/N1CCN(C(=O)OC(C)(C)C)CC1)C(F)(F)F. The molecule has 144 valence electrons. The van der Waals surface area contributed by atoms with Gasteiger partial charge in [-0.1, -0.05) is 24.3 Å². The maximum atomic E-state index is 13.6. The van der Waals surface area contributed by atoms with Gasteiger partial charge < -0.3 is 14.5 Å². The van der Waals surface area contributed by atoms with Gasteiger partial charge >= 0.3 is 12.3 Å². The third kappa shape index (κ3) is 5.41. The van der Waals surface area contributed by atoms with Gasteiger partial charge in [0, 0.05) is 26.2 Å². The molecule has 0 radical (unpaired) electrons. The molecule has 0 spiro atoms. The second-order valence-electron chi connectivity index (χ2n) is 7.34. The lowest BCUT2D eigenvalue weighted by molar-refractivity contribution is -0.112. The van der Waals surface area contributed by atoms with Gasteiger partial charge in [-0.15, -0.1) is 0 Å². The molecular weight excluding hydrogens is 345 g/mol. The smallest absolute Gasteiger partial charge is 0.431 e. The molecule has 26 heavy (non-hydrogen) atoms. The number of carbonyl (C=O) groups is 1. The maximum absolute atomic E-state index is 13.6. The highest BCUT2D eigenvalue weighted by Gasteiger charge is 2.39. The minimum Gasteiger partial charge on any atom is -0.444 e. The van der Waals surface area contributed by atoms with Crippen LogP contribution >= 0.6 is 0 Å². The van der Waals surface area contributed by atoms with E-state index in [9.17, 15) is 18.0 Å². The first-order chi connectivity index (χ1) is 12.0. The van der Waals surface area contributed by atoms with Gasteiger partial charge in [0.2, 0.25) is 0 Å². The predicted octanol–water partition coefficient (Wildman–Crippen LogP) is 4.45. The Morgan fingerprint density at radius 2 is 1.58 bits per heavy atom. The van der Waals surface area contributed by atoms with E-state index >= 15 is 0 Å². The average Bonchev–Trinajstić information content (AvgIpc) is 2.51. The molecule has 0 aliphatic carbocycles. The number of allylic oxidation sites excluding steroid dienone is 1. The van der Waals surface area contributed by atoms with E-state index < -0.39 is 23.6 Å². The van der Waals surface area contributed by atoms with Gasteiger partial charge in [-0.2, -0.15) is 13.2 Å². The zero-order valence-electron chi connectivity index (χ0n) is 15.6. The number of hydrogen-bond donors (Lipinski definition) is 0. The van der Waals surface area contributed by atoms with E-state index in [1.807, 2.05) is 0 Å². The van der Waals surface area contributed by atoms with Crippen molar-refractivity contribution in [1.82, 2.24) is 9.80 Å². The summed E-state index contributed by atoms with van der Waals surface area (Å²) in [5.74, 6) is 0. The zero-order chi connectivity index (χ0) is 19.5. The molecule has 1 fully saturated rings. The molecule has 0 saturated carbocycles. The van der Waals surface area contributed by atoms with Gasteiger partial charge in [0.1, 0.15) is 11.3 Å². The van der Waals surface area contributed by atoms with E-state index in [4.69, 9.17) is 4.74 Å². The van der Waals surface area contributed by atoms with E-state index in [0.717, 1.165) is 5.56 Å². The quantitative estimate of drug-likeness (QED) is 0.771. The first-order valence-corrected chi connectivity index (χ1v) is 8.55. The molecule has 0 aromatic heterocycles. The highest BCUT2D eigenvalue weighted by molar-refractivity contribution is 5.68. The van der Waals surface area contributed by atoms with Crippen LogP contribution < -0.4 is 0 Å². The van der Waals surface area contributed by atoms with Crippen LogP contribution in [-0.4, -0.2) is 53.8 Å². The van der Waals surface area contributed by atoms with Crippen LogP contribution in [0.15, 0.2) is 30.0 Å². The summed E-state index contributed by atoms with van der Waals surface area (Å²) in [6.07, 6.45) is -3.77. The molecule has 1 aromatic carbocycles. The molecule has 1 aromatic rings. The summed E-state index contributed by atoms with van der Waals surface area (Å²) in [6.45, 7) is 7.65. The highest BCUT2D eigenvalue weighted by atomic mass is 19.4. The van der Waals surface area contributed by atoms with Gasteiger partial charge in [0.25, 0.3) is 0 Å². The minimum absolute atomic E-state index is 0.108. The molecule has 4 nitrogen and oxygen atoms in total. The molecule has 0 bridgehead atoms. The Labute approximate surface area is 152 Å². The van der Waals surface area contributed by atoms with Crippen LogP contribution in [0, 0.1) is 6.92 Å². The van der Waals surface area contributed by atoms with Crippen LogP contribution in [0.4, 0.5) is 18.0 Å². The van der Waals surface area contributed by atoms with E-state index in [1.165, 1.54) is 15.9 Å². The van der Waals surface area contributed by atoms with Crippen molar-refractivity contribution in [1.29, 1.82) is 0 Å². The van der Waals surface area contributed by atoms with Crippen LogP contribution in [0.25, 0.3) is 6.08 Å². The number of halogens is 3. The molecule has 0 atom stereocenters. The van der Waals surface area contributed by atoms with Gasteiger partial charge in [0.05, 0.1) is 0 Å². The summed E-state index contributed by atoms with van der Waals surface area (Å²) in [5, 5.41) is 0. The molecule has 0 unspecified atom stereocenters. The number of piperazine rings is 1. The average molecular weight is 370 g/mol. The fourth-order valence-electron chi connectivity index (χ4n) is 2.70. The summed E-state index contributed by atoms with van der Waals surface area (Å²) in [5.41, 5.74) is 0.00230. The molecule has 1 heterocycles. The van der Waals surface area contributed by atoms with Crippen molar-refractivity contribution in [3.63, 3.8) is 0 Å².